The van der Waals surface area contributed by atoms with Crippen molar-refractivity contribution >= 4 is 37.9 Å². The van der Waals surface area contributed by atoms with Crippen molar-refractivity contribution in [1.82, 2.24) is 4.98 Å². The highest BCUT2D eigenvalue weighted by atomic mass is 35.5. The summed E-state index contributed by atoms with van der Waals surface area (Å²) in [6.45, 7) is 3.43. The number of thiazole rings is 1. The molecule has 11 heteroatoms. The second-order valence-corrected chi connectivity index (χ2v) is 11.7. The number of aromatic nitrogens is 1. The van der Waals surface area contributed by atoms with Crippen molar-refractivity contribution in [3.8, 4) is 5.75 Å². The Morgan fingerprint density at radius 1 is 1.14 bits per heavy atom. The number of halogens is 4. The molecule has 0 aliphatic carbocycles. The Hall–Kier alpha value is -2.30. The lowest BCUT2D eigenvalue weighted by Gasteiger charge is -2.31. The van der Waals surface area contributed by atoms with Crippen LogP contribution in [0.3, 0.4) is 0 Å². The van der Waals surface area contributed by atoms with Gasteiger partial charge in [-0.3, -0.25) is 0 Å². The fraction of sp³-hybridized carbons (Fsp3) is 0.375. The van der Waals surface area contributed by atoms with Crippen LogP contribution >= 0.6 is 22.9 Å². The number of piperidine rings is 1. The zero-order valence-corrected chi connectivity index (χ0v) is 21.3. The first-order valence-electron chi connectivity index (χ1n) is 11.1. The third kappa shape index (κ3) is 5.92. The van der Waals surface area contributed by atoms with Crippen molar-refractivity contribution < 1.29 is 26.3 Å². The molecule has 4 rings (SSSR count). The van der Waals surface area contributed by atoms with Gasteiger partial charge in [-0.15, -0.1) is 11.3 Å². The molecule has 0 spiro atoms. The number of nitrogens with zero attached hydrogens (tertiary/aromatic N) is 2. The Bertz CT molecular complexity index is 1270. The molecular weight excluding hydrogens is 521 g/mol. The van der Waals surface area contributed by atoms with Crippen molar-refractivity contribution in [3.63, 3.8) is 0 Å². The summed E-state index contributed by atoms with van der Waals surface area (Å²) in [6, 6.07) is 10.3. The summed E-state index contributed by atoms with van der Waals surface area (Å²) in [6.07, 6.45) is -3.42. The Labute approximate surface area is 211 Å². The molecular formula is C24H24ClF3N2O3S2. The summed E-state index contributed by atoms with van der Waals surface area (Å²) in [7, 11) is -4.01. The van der Waals surface area contributed by atoms with E-state index in [0.717, 1.165) is 34.3 Å². The molecule has 5 nitrogen and oxygen atoms in total. The monoisotopic (exact) mass is 544 g/mol. The standard InChI is InChI=1S/C24H24ClF3N2O3S2/c1-2-33-19-6-3-16(4-7-19)13-18-15-34-23(29-18)30-11-9-20(10-12-30)35(31,32)22-14-17(24(26,27)28)5-8-21(22)25/h3-8,14-15,20H,2,9-13H2,1H3. The molecule has 1 aromatic heterocycles. The molecule has 1 saturated heterocycles. The molecule has 2 aromatic carbocycles. The minimum Gasteiger partial charge on any atom is -0.494 e. The average Bonchev–Trinajstić information content (AvgIpc) is 3.28. The van der Waals surface area contributed by atoms with E-state index in [4.69, 9.17) is 21.3 Å². The molecule has 1 fully saturated rings. The third-order valence-electron chi connectivity index (χ3n) is 5.88. The molecule has 1 aliphatic heterocycles. The maximum absolute atomic E-state index is 13.1. The minimum atomic E-state index is -4.65. The van der Waals surface area contributed by atoms with Gasteiger partial charge in [-0.05, 0) is 55.7 Å². The SMILES string of the molecule is CCOc1ccc(Cc2csc(N3CCC(S(=O)(=O)c4cc(C(F)(F)F)ccc4Cl)CC3)n2)cc1. The van der Waals surface area contributed by atoms with E-state index >= 15 is 0 Å². The largest absolute Gasteiger partial charge is 0.494 e. The van der Waals surface area contributed by atoms with Crippen LogP contribution in [-0.2, 0) is 22.4 Å². The Morgan fingerprint density at radius 3 is 2.46 bits per heavy atom. The minimum absolute atomic E-state index is 0.195. The first-order valence-corrected chi connectivity index (χ1v) is 13.9. The highest BCUT2D eigenvalue weighted by Crippen LogP contribution is 2.36. The Kier molecular flexibility index (Phi) is 7.63. The number of hydrogen-bond donors (Lipinski definition) is 0. The van der Waals surface area contributed by atoms with Gasteiger partial charge in [0.15, 0.2) is 15.0 Å². The average molecular weight is 545 g/mol. The van der Waals surface area contributed by atoms with Crippen molar-refractivity contribution in [2.45, 2.75) is 42.5 Å². The number of anilines is 1. The predicted octanol–water partition coefficient (Wildman–Crippen LogP) is 6.25. The lowest BCUT2D eigenvalue weighted by molar-refractivity contribution is -0.137. The summed E-state index contributed by atoms with van der Waals surface area (Å²) >= 11 is 7.49. The molecule has 0 amide bonds. The van der Waals surface area contributed by atoms with Gasteiger partial charge in [0.2, 0.25) is 0 Å². The van der Waals surface area contributed by atoms with E-state index in [2.05, 4.69) is 0 Å². The molecule has 0 radical (unpaired) electrons. The van der Waals surface area contributed by atoms with Crippen LogP contribution < -0.4 is 9.64 Å². The van der Waals surface area contributed by atoms with Crippen molar-refractivity contribution in [1.29, 1.82) is 0 Å². The quantitative estimate of drug-likeness (QED) is 0.352. The molecule has 188 valence electrons. The molecule has 3 aromatic rings. The number of hydrogen-bond acceptors (Lipinski definition) is 6. The number of ether oxygens (including phenoxy) is 1. The Balaban J connectivity index is 1.41. The van der Waals surface area contributed by atoms with E-state index in [1.54, 1.807) is 0 Å². The van der Waals surface area contributed by atoms with Crippen LogP contribution in [0.4, 0.5) is 18.3 Å². The number of benzene rings is 2. The molecule has 0 bridgehead atoms. The highest BCUT2D eigenvalue weighted by Gasteiger charge is 2.36. The molecule has 0 unspecified atom stereocenters. The van der Waals surface area contributed by atoms with Gasteiger partial charge in [0.25, 0.3) is 0 Å². The van der Waals surface area contributed by atoms with Gasteiger partial charge >= 0.3 is 6.18 Å². The fourth-order valence-corrected chi connectivity index (χ4v) is 7.18. The molecule has 2 heterocycles. The first kappa shape index (κ1) is 25.8. The zero-order chi connectivity index (χ0) is 25.2. The lowest BCUT2D eigenvalue weighted by atomic mass is 10.1. The van der Waals surface area contributed by atoms with E-state index in [9.17, 15) is 21.6 Å². The number of rotatable bonds is 7. The summed E-state index contributed by atoms with van der Waals surface area (Å²) in [5, 5.41) is 1.79. The van der Waals surface area contributed by atoms with Crippen molar-refractivity contribution in [2.75, 3.05) is 24.6 Å². The molecule has 0 N–H and O–H groups in total. The van der Waals surface area contributed by atoms with Crippen LogP contribution in [0.1, 0.15) is 36.6 Å². The van der Waals surface area contributed by atoms with Crippen LogP contribution in [0.25, 0.3) is 0 Å². The smallest absolute Gasteiger partial charge is 0.416 e. The van der Waals surface area contributed by atoms with Gasteiger partial charge in [-0.2, -0.15) is 13.2 Å². The predicted molar refractivity (Wildman–Crippen MR) is 131 cm³/mol. The van der Waals surface area contributed by atoms with Gasteiger partial charge in [-0.25, -0.2) is 13.4 Å². The van der Waals surface area contributed by atoms with Crippen LogP contribution in [-0.4, -0.2) is 38.3 Å². The Morgan fingerprint density at radius 2 is 1.83 bits per heavy atom. The summed E-state index contributed by atoms with van der Waals surface area (Å²) in [4.78, 5) is 6.26. The van der Waals surface area contributed by atoms with E-state index in [1.807, 2.05) is 41.5 Å². The van der Waals surface area contributed by atoms with Crippen LogP contribution in [0.5, 0.6) is 5.75 Å². The van der Waals surface area contributed by atoms with Gasteiger partial charge < -0.3 is 9.64 Å². The maximum Gasteiger partial charge on any atom is 0.416 e. The number of alkyl halides is 3. The lowest BCUT2D eigenvalue weighted by Crippen LogP contribution is -2.39. The molecule has 35 heavy (non-hydrogen) atoms. The fourth-order valence-electron chi connectivity index (χ4n) is 4.04. The van der Waals surface area contributed by atoms with Crippen molar-refractivity contribution in [2.24, 2.45) is 0 Å². The van der Waals surface area contributed by atoms with Crippen LogP contribution in [0, 0.1) is 0 Å². The second kappa shape index (κ2) is 10.4. The van der Waals surface area contributed by atoms with E-state index in [0.29, 0.717) is 32.2 Å². The number of sulfone groups is 1. The maximum atomic E-state index is 13.1. The van der Waals surface area contributed by atoms with E-state index < -0.39 is 31.7 Å². The second-order valence-electron chi connectivity index (χ2n) is 8.25. The van der Waals surface area contributed by atoms with Gasteiger partial charge in [0, 0.05) is 24.9 Å². The van der Waals surface area contributed by atoms with E-state index in [-0.39, 0.29) is 17.9 Å². The first-order chi connectivity index (χ1) is 16.6. The van der Waals surface area contributed by atoms with E-state index in [1.165, 1.54) is 11.3 Å². The van der Waals surface area contributed by atoms with Gasteiger partial charge in [0.1, 0.15) is 5.75 Å². The third-order valence-corrected chi connectivity index (χ3v) is 9.57. The summed E-state index contributed by atoms with van der Waals surface area (Å²) in [5.41, 5.74) is 0.994. The van der Waals surface area contributed by atoms with Crippen LogP contribution in [0.2, 0.25) is 5.02 Å². The van der Waals surface area contributed by atoms with Crippen molar-refractivity contribution in [3.05, 3.63) is 69.7 Å². The van der Waals surface area contributed by atoms with Gasteiger partial charge in [0.05, 0.1) is 33.0 Å². The summed E-state index contributed by atoms with van der Waals surface area (Å²) in [5.74, 6) is 0.819. The summed E-state index contributed by atoms with van der Waals surface area (Å²) < 4.78 is 71.0. The normalized spacial score (nSPS) is 15.4. The molecule has 0 atom stereocenters. The highest BCUT2D eigenvalue weighted by molar-refractivity contribution is 7.92. The molecule has 0 saturated carbocycles. The molecule has 1 aliphatic rings. The van der Waals surface area contributed by atoms with Crippen LogP contribution in [0.15, 0.2) is 52.7 Å². The van der Waals surface area contributed by atoms with Gasteiger partial charge in [-0.1, -0.05) is 23.7 Å². The zero-order valence-electron chi connectivity index (χ0n) is 18.9. The topological polar surface area (TPSA) is 59.5 Å².